The van der Waals surface area contributed by atoms with Gasteiger partial charge in [-0.05, 0) is 11.1 Å². The summed E-state index contributed by atoms with van der Waals surface area (Å²) in [5.74, 6) is 1.08. The molecule has 0 atom stereocenters. The minimum absolute atomic E-state index is 0.344. The van der Waals surface area contributed by atoms with Crippen LogP contribution in [0.25, 0.3) is 6.08 Å². The quantitative estimate of drug-likeness (QED) is 0.708. The molecule has 0 radical (unpaired) electrons. The van der Waals surface area contributed by atoms with E-state index in [1.165, 1.54) is 11.1 Å². The second-order valence-corrected chi connectivity index (χ2v) is 6.15. The number of benzene rings is 1. The summed E-state index contributed by atoms with van der Waals surface area (Å²) >= 11 is 1.97. The molecule has 0 nitrogen and oxygen atoms in total. The van der Waals surface area contributed by atoms with Gasteiger partial charge in [-0.1, -0.05) is 57.7 Å². The van der Waals surface area contributed by atoms with Gasteiger partial charge in [0.2, 0.25) is 0 Å². The number of hydrogen-bond donors (Lipinski definition) is 0. The Morgan fingerprint density at radius 2 is 1.79 bits per heavy atom. The summed E-state index contributed by atoms with van der Waals surface area (Å²) < 4.78 is 0.344. The summed E-state index contributed by atoms with van der Waals surface area (Å²) in [6, 6.07) is 8.59. The Kier molecular flexibility index (Phi) is 3.82. The van der Waals surface area contributed by atoms with E-state index in [1.807, 2.05) is 17.8 Å². The average molecular weight is 206 g/mol. The second-order valence-electron chi connectivity index (χ2n) is 4.35. The molecule has 0 N–H and O–H groups in total. The van der Waals surface area contributed by atoms with Crippen LogP contribution in [0.1, 0.15) is 31.9 Å². The first-order valence-corrected chi connectivity index (χ1v) is 5.85. The SMILES string of the molecule is C=Cc1ccc(CSC(C)(C)C)cc1. The maximum Gasteiger partial charge on any atom is 0.0189 e. The molecule has 1 heteroatoms. The molecule has 0 aliphatic carbocycles. The van der Waals surface area contributed by atoms with Crippen molar-refractivity contribution in [3.05, 3.63) is 42.0 Å². The van der Waals surface area contributed by atoms with E-state index >= 15 is 0 Å². The van der Waals surface area contributed by atoms with Gasteiger partial charge in [-0.25, -0.2) is 0 Å². The van der Waals surface area contributed by atoms with Crippen molar-refractivity contribution in [1.29, 1.82) is 0 Å². The van der Waals surface area contributed by atoms with Crippen LogP contribution in [0.2, 0.25) is 0 Å². The van der Waals surface area contributed by atoms with Crippen LogP contribution in [0.15, 0.2) is 30.8 Å². The van der Waals surface area contributed by atoms with Crippen molar-refractivity contribution in [2.24, 2.45) is 0 Å². The molecule has 1 rings (SSSR count). The van der Waals surface area contributed by atoms with E-state index < -0.39 is 0 Å². The van der Waals surface area contributed by atoms with E-state index in [4.69, 9.17) is 0 Å². The third-order valence-electron chi connectivity index (χ3n) is 1.89. The Morgan fingerprint density at radius 1 is 1.21 bits per heavy atom. The van der Waals surface area contributed by atoms with E-state index in [0.29, 0.717) is 4.75 Å². The first-order valence-electron chi connectivity index (χ1n) is 4.86. The highest BCUT2D eigenvalue weighted by Crippen LogP contribution is 2.27. The van der Waals surface area contributed by atoms with Crippen LogP contribution >= 0.6 is 11.8 Å². The van der Waals surface area contributed by atoms with Gasteiger partial charge in [-0.15, -0.1) is 0 Å². The fourth-order valence-corrected chi connectivity index (χ4v) is 1.84. The summed E-state index contributed by atoms with van der Waals surface area (Å²) in [7, 11) is 0. The largest absolute Gasteiger partial charge is 0.151 e. The van der Waals surface area contributed by atoms with Gasteiger partial charge in [-0.3, -0.25) is 0 Å². The number of thioether (sulfide) groups is 1. The van der Waals surface area contributed by atoms with Crippen LogP contribution in [0.5, 0.6) is 0 Å². The molecule has 0 heterocycles. The summed E-state index contributed by atoms with van der Waals surface area (Å²) in [4.78, 5) is 0. The fourth-order valence-electron chi connectivity index (χ4n) is 1.05. The predicted molar refractivity (Wildman–Crippen MR) is 67.6 cm³/mol. The highest BCUT2D eigenvalue weighted by molar-refractivity contribution is 7.99. The van der Waals surface area contributed by atoms with Crippen LogP contribution in [0.4, 0.5) is 0 Å². The van der Waals surface area contributed by atoms with Crippen LogP contribution in [-0.2, 0) is 5.75 Å². The lowest BCUT2D eigenvalue weighted by Gasteiger charge is -2.17. The van der Waals surface area contributed by atoms with Crippen LogP contribution < -0.4 is 0 Å². The number of rotatable bonds is 3. The third-order valence-corrected chi connectivity index (χ3v) is 3.23. The van der Waals surface area contributed by atoms with Gasteiger partial charge in [0, 0.05) is 10.5 Å². The lowest BCUT2D eigenvalue weighted by molar-refractivity contribution is 0.802. The van der Waals surface area contributed by atoms with Crippen molar-refractivity contribution in [2.75, 3.05) is 0 Å². The van der Waals surface area contributed by atoms with Gasteiger partial charge in [0.1, 0.15) is 0 Å². The van der Waals surface area contributed by atoms with Gasteiger partial charge in [0.25, 0.3) is 0 Å². The Bertz CT molecular complexity index is 290. The molecule has 0 fully saturated rings. The molecule has 0 saturated heterocycles. The van der Waals surface area contributed by atoms with Crippen molar-refractivity contribution in [3.63, 3.8) is 0 Å². The Balaban J connectivity index is 2.56. The van der Waals surface area contributed by atoms with E-state index in [-0.39, 0.29) is 0 Å². The Labute approximate surface area is 91.4 Å². The molecular weight excluding hydrogens is 188 g/mol. The van der Waals surface area contributed by atoms with Crippen molar-refractivity contribution in [1.82, 2.24) is 0 Å². The Hall–Kier alpha value is -0.690. The van der Waals surface area contributed by atoms with Crippen molar-refractivity contribution >= 4 is 17.8 Å². The minimum atomic E-state index is 0.344. The van der Waals surface area contributed by atoms with E-state index in [1.54, 1.807) is 0 Å². The van der Waals surface area contributed by atoms with Gasteiger partial charge in [0.05, 0.1) is 0 Å². The minimum Gasteiger partial charge on any atom is -0.151 e. The molecule has 0 aliphatic rings. The summed E-state index contributed by atoms with van der Waals surface area (Å²) in [6.45, 7) is 10.5. The normalized spacial score (nSPS) is 11.4. The molecule has 0 unspecified atom stereocenters. The average Bonchev–Trinajstić information content (AvgIpc) is 2.14. The van der Waals surface area contributed by atoms with Crippen molar-refractivity contribution < 1.29 is 0 Å². The second kappa shape index (κ2) is 4.70. The summed E-state index contributed by atoms with van der Waals surface area (Å²) in [5, 5.41) is 0. The van der Waals surface area contributed by atoms with Gasteiger partial charge in [0.15, 0.2) is 0 Å². The topological polar surface area (TPSA) is 0 Å². The molecule has 0 spiro atoms. The first kappa shape index (κ1) is 11.4. The van der Waals surface area contributed by atoms with Crippen LogP contribution in [-0.4, -0.2) is 4.75 Å². The zero-order valence-electron chi connectivity index (χ0n) is 9.21. The van der Waals surface area contributed by atoms with Crippen LogP contribution in [0, 0.1) is 0 Å². The maximum absolute atomic E-state index is 3.74. The summed E-state index contributed by atoms with van der Waals surface area (Å²) in [5.41, 5.74) is 2.57. The molecule has 0 amide bonds. The molecule has 0 saturated carbocycles. The van der Waals surface area contributed by atoms with Crippen molar-refractivity contribution in [3.8, 4) is 0 Å². The zero-order chi connectivity index (χ0) is 10.6. The molecule has 0 bridgehead atoms. The molecule has 0 aliphatic heterocycles. The molecule has 76 valence electrons. The fraction of sp³-hybridized carbons (Fsp3) is 0.385. The Morgan fingerprint density at radius 3 is 2.21 bits per heavy atom. The molecule has 1 aromatic carbocycles. The number of hydrogen-bond acceptors (Lipinski definition) is 1. The van der Waals surface area contributed by atoms with Gasteiger partial charge in [-0.2, -0.15) is 11.8 Å². The summed E-state index contributed by atoms with van der Waals surface area (Å²) in [6.07, 6.45) is 1.88. The molecule has 1 aromatic rings. The molecular formula is C13H18S. The van der Waals surface area contributed by atoms with E-state index in [0.717, 1.165) is 5.75 Å². The monoisotopic (exact) mass is 206 g/mol. The van der Waals surface area contributed by atoms with Crippen LogP contribution in [0.3, 0.4) is 0 Å². The van der Waals surface area contributed by atoms with Gasteiger partial charge >= 0.3 is 0 Å². The maximum atomic E-state index is 3.74. The third kappa shape index (κ3) is 4.01. The molecule has 14 heavy (non-hydrogen) atoms. The van der Waals surface area contributed by atoms with Crippen molar-refractivity contribution in [2.45, 2.75) is 31.3 Å². The lowest BCUT2D eigenvalue weighted by atomic mass is 10.1. The zero-order valence-corrected chi connectivity index (χ0v) is 10.0. The smallest absolute Gasteiger partial charge is 0.0189 e. The first-order chi connectivity index (χ1) is 6.51. The standard InChI is InChI=1S/C13H18S/c1-5-11-6-8-12(9-7-11)10-14-13(2,3)4/h5-9H,1,10H2,2-4H3. The van der Waals surface area contributed by atoms with E-state index in [9.17, 15) is 0 Å². The van der Waals surface area contributed by atoms with E-state index in [2.05, 4.69) is 51.6 Å². The lowest BCUT2D eigenvalue weighted by Crippen LogP contribution is -2.07. The highest BCUT2D eigenvalue weighted by atomic mass is 32.2. The molecule has 0 aromatic heterocycles. The highest BCUT2D eigenvalue weighted by Gasteiger charge is 2.09. The predicted octanol–water partition coefficient (Wildman–Crippen LogP) is 4.36. The van der Waals surface area contributed by atoms with Gasteiger partial charge < -0.3 is 0 Å².